The zero-order valence-electron chi connectivity index (χ0n) is 12.0. The van der Waals surface area contributed by atoms with E-state index < -0.39 is 0 Å². The third kappa shape index (κ3) is 6.49. The average molecular weight is 232 g/mol. The van der Waals surface area contributed by atoms with Gasteiger partial charge in [-0.05, 0) is 30.6 Å². The Kier molecular flexibility index (Phi) is 13.0. The van der Waals surface area contributed by atoms with E-state index in [9.17, 15) is 5.11 Å². The van der Waals surface area contributed by atoms with Gasteiger partial charge in [0.25, 0.3) is 0 Å². The molecule has 100 valence electrons. The van der Waals surface area contributed by atoms with Gasteiger partial charge in [0.1, 0.15) is 0 Å². The van der Waals surface area contributed by atoms with Crippen LogP contribution in [0, 0.1) is 17.8 Å². The Morgan fingerprint density at radius 3 is 2.00 bits per heavy atom. The largest absolute Gasteiger partial charge is 0.396 e. The van der Waals surface area contributed by atoms with Gasteiger partial charge >= 0.3 is 0 Å². The van der Waals surface area contributed by atoms with Crippen molar-refractivity contribution in [2.24, 2.45) is 17.8 Å². The number of hydrogen-bond acceptors (Lipinski definition) is 2. The van der Waals surface area contributed by atoms with Crippen LogP contribution in [0.2, 0.25) is 0 Å². The molecule has 0 bridgehead atoms. The van der Waals surface area contributed by atoms with Crippen molar-refractivity contribution in [3.8, 4) is 0 Å². The summed E-state index contributed by atoms with van der Waals surface area (Å²) in [7, 11) is 0. The van der Waals surface area contributed by atoms with E-state index in [1.54, 1.807) is 0 Å². The highest BCUT2D eigenvalue weighted by atomic mass is 16.3. The second-order valence-corrected chi connectivity index (χ2v) is 4.31. The van der Waals surface area contributed by atoms with Crippen molar-refractivity contribution in [2.75, 3.05) is 6.61 Å². The van der Waals surface area contributed by atoms with Gasteiger partial charge in [0.05, 0.1) is 6.10 Å². The Hall–Kier alpha value is -0.0800. The molecule has 1 aliphatic carbocycles. The van der Waals surface area contributed by atoms with Crippen molar-refractivity contribution >= 4 is 0 Å². The van der Waals surface area contributed by atoms with Crippen molar-refractivity contribution in [1.29, 1.82) is 0 Å². The fourth-order valence-corrected chi connectivity index (χ4v) is 2.17. The molecule has 4 atom stereocenters. The van der Waals surface area contributed by atoms with Gasteiger partial charge in [-0.2, -0.15) is 0 Å². The molecule has 0 aromatic rings. The predicted octanol–water partition coefficient (Wildman–Crippen LogP) is 3.46. The molecule has 2 heteroatoms. The summed E-state index contributed by atoms with van der Waals surface area (Å²) >= 11 is 0. The SMILES string of the molecule is CC.CC.CC1CCC(C(C)CO)C(O)C1. The zero-order chi connectivity index (χ0) is 13.1. The first-order valence-electron chi connectivity index (χ1n) is 6.94. The lowest BCUT2D eigenvalue weighted by Crippen LogP contribution is -2.34. The lowest BCUT2D eigenvalue weighted by atomic mass is 9.75. The topological polar surface area (TPSA) is 40.5 Å². The van der Waals surface area contributed by atoms with E-state index in [1.807, 2.05) is 34.6 Å². The molecular formula is C14H32O2. The minimum atomic E-state index is -0.184. The molecule has 0 radical (unpaired) electrons. The Morgan fingerprint density at radius 2 is 1.62 bits per heavy atom. The fraction of sp³-hybridized carbons (Fsp3) is 1.00. The van der Waals surface area contributed by atoms with Gasteiger partial charge in [-0.1, -0.05) is 48.0 Å². The van der Waals surface area contributed by atoms with Crippen molar-refractivity contribution in [2.45, 2.75) is 66.9 Å². The van der Waals surface area contributed by atoms with Gasteiger partial charge in [0, 0.05) is 6.61 Å². The van der Waals surface area contributed by atoms with Crippen LogP contribution in [0.3, 0.4) is 0 Å². The summed E-state index contributed by atoms with van der Waals surface area (Å²) in [6.45, 7) is 12.4. The molecule has 0 heterocycles. The highest BCUT2D eigenvalue weighted by Gasteiger charge is 2.30. The lowest BCUT2D eigenvalue weighted by molar-refractivity contribution is 0.00804. The van der Waals surface area contributed by atoms with Gasteiger partial charge in [0.2, 0.25) is 0 Å². The molecule has 0 aromatic carbocycles. The zero-order valence-corrected chi connectivity index (χ0v) is 12.0. The maximum atomic E-state index is 9.73. The van der Waals surface area contributed by atoms with Crippen molar-refractivity contribution in [3.05, 3.63) is 0 Å². The number of hydrogen-bond donors (Lipinski definition) is 2. The summed E-state index contributed by atoms with van der Waals surface area (Å²) in [6, 6.07) is 0. The molecule has 0 aliphatic heterocycles. The van der Waals surface area contributed by atoms with E-state index in [4.69, 9.17) is 5.11 Å². The number of aliphatic hydroxyl groups is 2. The van der Waals surface area contributed by atoms with Crippen molar-refractivity contribution < 1.29 is 10.2 Å². The Morgan fingerprint density at radius 1 is 1.12 bits per heavy atom. The first-order chi connectivity index (χ1) is 7.65. The Balaban J connectivity index is 0. The molecule has 2 N–H and O–H groups in total. The predicted molar refractivity (Wildman–Crippen MR) is 71.5 cm³/mol. The summed E-state index contributed by atoms with van der Waals surface area (Å²) in [5, 5.41) is 18.7. The number of rotatable bonds is 2. The smallest absolute Gasteiger partial charge is 0.0574 e. The monoisotopic (exact) mass is 232 g/mol. The normalized spacial score (nSPS) is 30.4. The van der Waals surface area contributed by atoms with E-state index in [2.05, 4.69) is 6.92 Å². The molecular weight excluding hydrogens is 200 g/mol. The van der Waals surface area contributed by atoms with Crippen molar-refractivity contribution in [3.63, 3.8) is 0 Å². The van der Waals surface area contributed by atoms with Crippen LogP contribution < -0.4 is 0 Å². The van der Waals surface area contributed by atoms with Crippen LogP contribution in [0.4, 0.5) is 0 Å². The van der Waals surface area contributed by atoms with Crippen LogP contribution in [0.25, 0.3) is 0 Å². The van der Waals surface area contributed by atoms with Crippen LogP contribution in [-0.2, 0) is 0 Å². The average Bonchev–Trinajstić information content (AvgIpc) is 2.33. The molecule has 0 saturated heterocycles. The molecule has 0 amide bonds. The quantitative estimate of drug-likeness (QED) is 0.765. The minimum absolute atomic E-state index is 0.184. The molecule has 2 nitrogen and oxygen atoms in total. The van der Waals surface area contributed by atoms with Gasteiger partial charge in [0.15, 0.2) is 0 Å². The molecule has 16 heavy (non-hydrogen) atoms. The lowest BCUT2D eigenvalue weighted by Gasteiger charge is -2.34. The van der Waals surface area contributed by atoms with Gasteiger partial charge < -0.3 is 10.2 Å². The van der Waals surface area contributed by atoms with E-state index >= 15 is 0 Å². The summed E-state index contributed by atoms with van der Waals surface area (Å²) in [6.07, 6.45) is 3.00. The summed E-state index contributed by atoms with van der Waals surface area (Å²) in [4.78, 5) is 0. The van der Waals surface area contributed by atoms with Crippen LogP contribution in [0.1, 0.15) is 60.8 Å². The maximum absolute atomic E-state index is 9.73. The molecule has 1 rings (SSSR count). The van der Waals surface area contributed by atoms with E-state index in [0.717, 1.165) is 12.8 Å². The van der Waals surface area contributed by atoms with Crippen LogP contribution >= 0.6 is 0 Å². The van der Waals surface area contributed by atoms with E-state index in [0.29, 0.717) is 11.8 Å². The molecule has 1 aliphatic rings. The van der Waals surface area contributed by atoms with Crippen molar-refractivity contribution in [1.82, 2.24) is 0 Å². The van der Waals surface area contributed by atoms with Gasteiger partial charge in [-0.3, -0.25) is 0 Å². The fourth-order valence-electron chi connectivity index (χ4n) is 2.17. The Bertz CT molecular complexity index is 137. The summed E-state index contributed by atoms with van der Waals surface area (Å²) in [5.74, 6) is 1.24. The highest BCUT2D eigenvalue weighted by molar-refractivity contribution is 4.80. The standard InChI is InChI=1S/C10H20O2.2C2H6/c1-7-3-4-9(8(2)6-11)10(12)5-7;2*1-2/h7-12H,3-6H2,1-2H3;2*1-2H3. The van der Waals surface area contributed by atoms with Crippen LogP contribution in [0.15, 0.2) is 0 Å². The molecule has 0 aromatic heterocycles. The third-order valence-corrected chi connectivity index (χ3v) is 3.15. The molecule has 1 saturated carbocycles. The highest BCUT2D eigenvalue weighted by Crippen LogP contribution is 2.33. The van der Waals surface area contributed by atoms with Gasteiger partial charge in [-0.25, -0.2) is 0 Å². The van der Waals surface area contributed by atoms with Crippen LogP contribution in [0.5, 0.6) is 0 Å². The maximum Gasteiger partial charge on any atom is 0.0574 e. The first-order valence-corrected chi connectivity index (χ1v) is 6.94. The number of aliphatic hydroxyl groups excluding tert-OH is 2. The summed E-state index contributed by atoms with van der Waals surface area (Å²) < 4.78 is 0. The molecule has 4 unspecified atom stereocenters. The minimum Gasteiger partial charge on any atom is -0.396 e. The van der Waals surface area contributed by atoms with Gasteiger partial charge in [-0.15, -0.1) is 0 Å². The molecule has 0 spiro atoms. The third-order valence-electron chi connectivity index (χ3n) is 3.15. The second kappa shape index (κ2) is 11.4. The van der Waals surface area contributed by atoms with Crippen LogP contribution in [-0.4, -0.2) is 22.9 Å². The molecule has 1 fully saturated rings. The second-order valence-electron chi connectivity index (χ2n) is 4.31. The first kappa shape index (κ1) is 18.3. The van der Waals surface area contributed by atoms with E-state index in [-0.39, 0.29) is 18.6 Å². The summed E-state index contributed by atoms with van der Waals surface area (Å²) in [5.41, 5.74) is 0. The van der Waals surface area contributed by atoms with E-state index in [1.165, 1.54) is 6.42 Å². The Labute approximate surface area is 102 Å².